The van der Waals surface area contributed by atoms with E-state index in [1.807, 2.05) is 0 Å². The van der Waals surface area contributed by atoms with Crippen LogP contribution < -0.4 is 0 Å². The first-order valence-corrected chi connectivity index (χ1v) is 2.56. The average Bonchev–Trinajstić information content (AvgIpc) is 1.84. The molecule has 0 atom stereocenters. The van der Waals surface area contributed by atoms with Crippen LogP contribution in [0.15, 0.2) is 5.16 Å². The van der Waals surface area contributed by atoms with Crippen LogP contribution in [-0.2, 0) is 4.79 Å². The molecule has 0 aliphatic rings. The monoisotopic (exact) mass is 150 g/mol. The molecule has 0 bridgehead atoms. The SMILES string of the molecule is CN(C)C(=O)/C(Cl)=N/O. The first-order valence-electron chi connectivity index (χ1n) is 2.18. The zero-order valence-electron chi connectivity index (χ0n) is 5.13. The molecule has 0 unspecified atom stereocenters. The summed E-state index contributed by atoms with van der Waals surface area (Å²) in [7, 11) is 3.02. The highest BCUT2D eigenvalue weighted by Crippen LogP contribution is 1.88. The Morgan fingerprint density at radius 2 is 2.11 bits per heavy atom. The van der Waals surface area contributed by atoms with Gasteiger partial charge in [0.05, 0.1) is 0 Å². The third-order valence-electron chi connectivity index (χ3n) is 0.670. The lowest BCUT2D eigenvalue weighted by atomic mass is 10.6. The predicted molar refractivity (Wildman–Crippen MR) is 33.8 cm³/mol. The summed E-state index contributed by atoms with van der Waals surface area (Å²) in [6.45, 7) is 0. The van der Waals surface area contributed by atoms with Crippen molar-refractivity contribution >= 4 is 22.7 Å². The third kappa shape index (κ3) is 2.32. The number of halogens is 1. The van der Waals surface area contributed by atoms with E-state index in [1.165, 1.54) is 19.0 Å². The summed E-state index contributed by atoms with van der Waals surface area (Å²) in [5.41, 5.74) is 0. The molecule has 5 heteroatoms. The molecule has 0 rings (SSSR count). The molecule has 0 radical (unpaired) electrons. The van der Waals surface area contributed by atoms with Crippen molar-refractivity contribution in [2.45, 2.75) is 0 Å². The van der Waals surface area contributed by atoms with E-state index in [-0.39, 0.29) is 0 Å². The minimum absolute atomic E-state index is 0.431. The Labute approximate surface area is 57.7 Å². The van der Waals surface area contributed by atoms with Gasteiger partial charge in [-0.2, -0.15) is 0 Å². The Morgan fingerprint density at radius 3 is 2.22 bits per heavy atom. The molecule has 9 heavy (non-hydrogen) atoms. The van der Waals surface area contributed by atoms with Gasteiger partial charge in [-0.15, -0.1) is 0 Å². The molecule has 0 fully saturated rings. The van der Waals surface area contributed by atoms with Gasteiger partial charge in [0.1, 0.15) is 0 Å². The van der Waals surface area contributed by atoms with Crippen LogP contribution in [0.5, 0.6) is 0 Å². The summed E-state index contributed by atoms with van der Waals surface area (Å²) in [6, 6.07) is 0. The molecule has 0 saturated heterocycles. The van der Waals surface area contributed by atoms with Crippen LogP contribution in [0.3, 0.4) is 0 Å². The zero-order valence-corrected chi connectivity index (χ0v) is 5.88. The highest BCUT2D eigenvalue weighted by molar-refractivity contribution is 6.82. The summed E-state index contributed by atoms with van der Waals surface area (Å²) in [4.78, 5) is 11.8. The second-order valence-corrected chi connectivity index (χ2v) is 1.95. The number of hydrogen-bond donors (Lipinski definition) is 1. The number of amides is 1. The van der Waals surface area contributed by atoms with Crippen LogP contribution in [0.25, 0.3) is 0 Å². The van der Waals surface area contributed by atoms with E-state index >= 15 is 0 Å². The van der Waals surface area contributed by atoms with E-state index in [4.69, 9.17) is 16.8 Å². The highest BCUT2D eigenvalue weighted by atomic mass is 35.5. The van der Waals surface area contributed by atoms with Crippen LogP contribution >= 0.6 is 11.6 Å². The molecule has 4 nitrogen and oxygen atoms in total. The fourth-order valence-corrected chi connectivity index (χ4v) is 0.396. The van der Waals surface area contributed by atoms with E-state index < -0.39 is 11.1 Å². The van der Waals surface area contributed by atoms with Crippen molar-refractivity contribution in [2.75, 3.05) is 14.1 Å². The topological polar surface area (TPSA) is 52.9 Å². The van der Waals surface area contributed by atoms with Crippen LogP contribution in [0.4, 0.5) is 0 Å². The zero-order chi connectivity index (χ0) is 7.44. The van der Waals surface area contributed by atoms with Gasteiger partial charge >= 0.3 is 0 Å². The van der Waals surface area contributed by atoms with Gasteiger partial charge in [0.2, 0.25) is 5.17 Å². The second-order valence-electron chi connectivity index (χ2n) is 1.59. The smallest absolute Gasteiger partial charge is 0.287 e. The summed E-state index contributed by atoms with van der Waals surface area (Å²) in [5.74, 6) is -0.515. The Kier molecular flexibility index (Phi) is 3.01. The van der Waals surface area contributed by atoms with Crippen molar-refractivity contribution in [2.24, 2.45) is 5.16 Å². The maximum Gasteiger partial charge on any atom is 0.287 e. The number of carbonyl (C=O) groups is 1. The van der Waals surface area contributed by atoms with E-state index in [2.05, 4.69) is 5.16 Å². The molecule has 1 N–H and O–H groups in total. The first kappa shape index (κ1) is 8.23. The Balaban J connectivity index is 4.06. The molecule has 0 spiro atoms. The summed E-state index contributed by atoms with van der Waals surface area (Å²) in [5, 5.41) is 10.0. The van der Waals surface area contributed by atoms with Crippen molar-refractivity contribution in [3.63, 3.8) is 0 Å². The Bertz CT molecular complexity index is 144. The Morgan fingerprint density at radius 1 is 1.67 bits per heavy atom. The van der Waals surface area contributed by atoms with E-state index in [9.17, 15) is 4.79 Å². The molecular weight excluding hydrogens is 144 g/mol. The lowest BCUT2D eigenvalue weighted by molar-refractivity contribution is -0.121. The quantitative estimate of drug-likeness (QED) is 0.328. The lowest BCUT2D eigenvalue weighted by Crippen LogP contribution is -2.26. The second kappa shape index (κ2) is 3.29. The number of oxime groups is 1. The lowest BCUT2D eigenvalue weighted by Gasteiger charge is -2.05. The van der Waals surface area contributed by atoms with Crippen molar-refractivity contribution in [1.82, 2.24) is 4.90 Å². The number of nitrogens with zero attached hydrogens (tertiary/aromatic N) is 2. The number of hydrogen-bond acceptors (Lipinski definition) is 3. The van der Waals surface area contributed by atoms with Gasteiger partial charge in [-0.05, 0) is 0 Å². The minimum atomic E-state index is -0.515. The van der Waals surface area contributed by atoms with E-state index in [0.29, 0.717) is 0 Å². The third-order valence-corrected chi connectivity index (χ3v) is 0.908. The van der Waals surface area contributed by atoms with E-state index in [0.717, 1.165) is 0 Å². The molecule has 0 saturated carbocycles. The molecule has 1 amide bonds. The largest absolute Gasteiger partial charge is 0.409 e. The van der Waals surface area contributed by atoms with Gasteiger partial charge in [0.15, 0.2) is 0 Å². The van der Waals surface area contributed by atoms with Gasteiger partial charge in [0, 0.05) is 14.1 Å². The normalized spacial score (nSPS) is 11.2. The summed E-state index contributed by atoms with van der Waals surface area (Å²) >= 11 is 5.12. The predicted octanol–water partition coefficient (Wildman–Crippen LogP) is 0.101. The number of rotatable bonds is 1. The molecule has 0 aromatic rings. The van der Waals surface area contributed by atoms with Crippen molar-refractivity contribution in [3.8, 4) is 0 Å². The van der Waals surface area contributed by atoms with Crippen molar-refractivity contribution < 1.29 is 10.0 Å². The maximum absolute atomic E-state index is 10.6. The molecular formula is C4H7ClN2O2. The highest BCUT2D eigenvalue weighted by Gasteiger charge is 2.09. The standard InChI is InChI=1S/C4H7ClN2O2/c1-7(2)4(8)3(5)6-9/h9H,1-2H3/b6-3-. The summed E-state index contributed by atoms with van der Waals surface area (Å²) < 4.78 is 0. The van der Waals surface area contributed by atoms with Gasteiger partial charge in [-0.3, -0.25) is 4.79 Å². The van der Waals surface area contributed by atoms with E-state index in [1.54, 1.807) is 0 Å². The molecule has 0 heterocycles. The van der Waals surface area contributed by atoms with Gasteiger partial charge in [-0.25, -0.2) is 0 Å². The molecule has 0 aromatic heterocycles. The molecule has 0 aliphatic carbocycles. The van der Waals surface area contributed by atoms with Gasteiger partial charge < -0.3 is 10.1 Å². The average molecular weight is 151 g/mol. The summed E-state index contributed by atoms with van der Waals surface area (Å²) in [6.07, 6.45) is 0. The van der Waals surface area contributed by atoms with Gasteiger partial charge in [-0.1, -0.05) is 16.8 Å². The van der Waals surface area contributed by atoms with Crippen LogP contribution in [0, 0.1) is 0 Å². The molecule has 52 valence electrons. The fourth-order valence-electron chi connectivity index (χ4n) is 0.227. The number of carbonyl (C=O) groups excluding carboxylic acids is 1. The van der Waals surface area contributed by atoms with Gasteiger partial charge in [0.25, 0.3) is 5.91 Å². The maximum atomic E-state index is 10.6. The van der Waals surface area contributed by atoms with Crippen molar-refractivity contribution in [3.05, 3.63) is 0 Å². The molecule has 0 aliphatic heterocycles. The minimum Gasteiger partial charge on any atom is -0.409 e. The van der Waals surface area contributed by atoms with Crippen molar-refractivity contribution in [1.29, 1.82) is 0 Å². The first-order chi connectivity index (χ1) is 4.09. The molecule has 0 aromatic carbocycles. The van der Waals surface area contributed by atoms with Crippen LogP contribution in [0.2, 0.25) is 0 Å². The fraction of sp³-hybridized carbons (Fsp3) is 0.500. The Hall–Kier alpha value is -0.770. The van der Waals surface area contributed by atoms with Crippen LogP contribution in [-0.4, -0.2) is 35.3 Å². The van der Waals surface area contributed by atoms with Crippen LogP contribution in [0.1, 0.15) is 0 Å².